The molecule has 0 bridgehead atoms. The third-order valence-electron chi connectivity index (χ3n) is 4.10. The Kier molecular flexibility index (Phi) is 4.62. The predicted octanol–water partition coefficient (Wildman–Crippen LogP) is 3.26. The van der Waals surface area contributed by atoms with Crippen LogP contribution in [-0.4, -0.2) is 22.2 Å². The van der Waals surface area contributed by atoms with Gasteiger partial charge in [0.1, 0.15) is 0 Å². The lowest BCUT2D eigenvalue weighted by Crippen LogP contribution is -2.27. The van der Waals surface area contributed by atoms with Crippen LogP contribution < -0.4 is 5.32 Å². The monoisotopic (exact) mass is 361 g/mol. The minimum Gasteiger partial charge on any atom is -0.356 e. The second kappa shape index (κ2) is 6.65. The molecule has 1 aliphatic rings. The van der Waals surface area contributed by atoms with Gasteiger partial charge in [0.15, 0.2) is 0 Å². The molecule has 0 saturated heterocycles. The highest BCUT2D eigenvalue weighted by Crippen LogP contribution is 2.47. The van der Waals surface area contributed by atoms with E-state index < -0.39 is 0 Å². The van der Waals surface area contributed by atoms with E-state index in [4.69, 9.17) is 0 Å². The first kappa shape index (κ1) is 15.3. The van der Waals surface area contributed by atoms with E-state index in [0.29, 0.717) is 12.5 Å². The van der Waals surface area contributed by atoms with E-state index >= 15 is 0 Å². The number of rotatable bonds is 6. The third-order valence-corrected chi connectivity index (χ3v) is 4.88. The standard InChI is InChI=1S/C17H20BrN3O/c1-12-16(18)11-21(20-12)9-5-8-19-17(22)15-10-14(15)13-6-3-2-4-7-13/h2-4,6-7,11,14-15H,5,8-10H2,1H3,(H,19,22). The Morgan fingerprint density at radius 1 is 1.41 bits per heavy atom. The summed E-state index contributed by atoms with van der Waals surface area (Å²) in [6, 6.07) is 10.3. The molecule has 1 saturated carbocycles. The maximum Gasteiger partial charge on any atom is 0.223 e. The highest BCUT2D eigenvalue weighted by atomic mass is 79.9. The Labute approximate surface area is 139 Å². The van der Waals surface area contributed by atoms with Crippen LogP contribution >= 0.6 is 15.9 Å². The highest BCUT2D eigenvalue weighted by Gasteiger charge is 2.43. The van der Waals surface area contributed by atoms with Crippen molar-refractivity contribution in [1.29, 1.82) is 0 Å². The van der Waals surface area contributed by atoms with Crippen LogP contribution in [0.1, 0.15) is 30.0 Å². The van der Waals surface area contributed by atoms with Crippen molar-refractivity contribution in [3.8, 4) is 0 Å². The van der Waals surface area contributed by atoms with Crippen LogP contribution in [0.5, 0.6) is 0 Å². The number of halogens is 1. The van der Waals surface area contributed by atoms with Crippen molar-refractivity contribution in [2.45, 2.75) is 32.2 Å². The lowest BCUT2D eigenvalue weighted by Gasteiger charge is -2.05. The molecule has 1 aliphatic carbocycles. The van der Waals surface area contributed by atoms with Crippen molar-refractivity contribution in [3.63, 3.8) is 0 Å². The van der Waals surface area contributed by atoms with E-state index in [1.165, 1.54) is 5.56 Å². The smallest absolute Gasteiger partial charge is 0.223 e. The fourth-order valence-corrected chi connectivity index (χ4v) is 3.06. The third kappa shape index (κ3) is 3.58. The first-order valence-corrected chi connectivity index (χ1v) is 8.46. The number of benzene rings is 1. The Bertz CT molecular complexity index is 634. The molecule has 4 nitrogen and oxygen atoms in total. The number of hydrogen-bond donors (Lipinski definition) is 1. The van der Waals surface area contributed by atoms with Crippen molar-refractivity contribution in [1.82, 2.24) is 15.1 Å². The first-order valence-electron chi connectivity index (χ1n) is 7.67. The van der Waals surface area contributed by atoms with Gasteiger partial charge in [-0.15, -0.1) is 0 Å². The molecular formula is C17H20BrN3O. The van der Waals surface area contributed by atoms with Gasteiger partial charge < -0.3 is 5.32 Å². The van der Waals surface area contributed by atoms with Crippen LogP contribution in [0, 0.1) is 12.8 Å². The fourth-order valence-electron chi connectivity index (χ4n) is 2.75. The molecule has 1 amide bonds. The fraction of sp³-hybridized carbons (Fsp3) is 0.412. The number of carbonyl (C=O) groups excluding carboxylic acids is 1. The van der Waals surface area contributed by atoms with Crippen LogP contribution in [0.2, 0.25) is 0 Å². The quantitative estimate of drug-likeness (QED) is 0.802. The zero-order chi connectivity index (χ0) is 15.5. The summed E-state index contributed by atoms with van der Waals surface area (Å²) in [4.78, 5) is 12.1. The lowest BCUT2D eigenvalue weighted by atomic mass is 10.1. The molecule has 0 radical (unpaired) electrons. The Morgan fingerprint density at radius 3 is 2.86 bits per heavy atom. The second-order valence-electron chi connectivity index (χ2n) is 5.83. The maximum absolute atomic E-state index is 12.1. The van der Waals surface area contributed by atoms with Crippen LogP contribution in [0.4, 0.5) is 0 Å². The van der Waals surface area contributed by atoms with Gasteiger partial charge in [-0.25, -0.2) is 0 Å². The topological polar surface area (TPSA) is 46.9 Å². The van der Waals surface area contributed by atoms with E-state index in [-0.39, 0.29) is 11.8 Å². The van der Waals surface area contributed by atoms with Gasteiger partial charge in [-0.1, -0.05) is 30.3 Å². The summed E-state index contributed by atoms with van der Waals surface area (Å²) in [6.07, 6.45) is 3.84. The summed E-state index contributed by atoms with van der Waals surface area (Å²) in [6.45, 7) is 3.49. The molecule has 1 aromatic carbocycles. The summed E-state index contributed by atoms with van der Waals surface area (Å²) >= 11 is 3.45. The molecule has 0 spiro atoms. The summed E-state index contributed by atoms with van der Waals surface area (Å²) in [7, 11) is 0. The molecule has 1 heterocycles. The Morgan fingerprint density at radius 2 is 2.18 bits per heavy atom. The van der Waals surface area contributed by atoms with E-state index in [0.717, 1.165) is 29.6 Å². The van der Waals surface area contributed by atoms with Crippen LogP contribution in [0.3, 0.4) is 0 Å². The van der Waals surface area contributed by atoms with Crippen molar-refractivity contribution >= 4 is 21.8 Å². The SMILES string of the molecule is Cc1nn(CCCNC(=O)C2CC2c2ccccc2)cc1Br. The molecular weight excluding hydrogens is 342 g/mol. The molecule has 1 aromatic heterocycles. The number of amides is 1. The van der Waals surface area contributed by atoms with E-state index in [9.17, 15) is 4.79 Å². The molecule has 0 aliphatic heterocycles. The molecule has 2 unspecified atom stereocenters. The van der Waals surface area contributed by atoms with Crippen LogP contribution in [0.15, 0.2) is 41.0 Å². The number of carbonyl (C=O) groups is 1. The summed E-state index contributed by atoms with van der Waals surface area (Å²) in [5.74, 6) is 0.751. The van der Waals surface area contributed by atoms with Gasteiger partial charge in [-0.2, -0.15) is 5.10 Å². The number of aromatic nitrogens is 2. The number of nitrogens with one attached hydrogen (secondary N) is 1. The molecule has 116 valence electrons. The maximum atomic E-state index is 12.1. The minimum atomic E-state index is 0.156. The van der Waals surface area contributed by atoms with Gasteiger partial charge >= 0.3 is 0 Å². The minimum absolute atomic E-state index is 0.156. The van der Waals surface area contributed by atoms with Crippen molar-refractivity contribution in [3.05, 3.63) is 52.3 Å². The lowest BCUT2D eigenvalue weighted by molar-refractivity contribution is -0.122. The van der Waals surface area contributed by atoms with Crippen molar-refractivity contribution in [2.24, 2.45) is 5.92 Å². The van der Waals surface area contributed by atoms with E-state index in [1.54, 1.807) is 0 Å². The van der Waals surface area contributed by atoms with E-state index in [1.807, 2.05) is 36.0 Å². The van der Waals surface area contributed by atoms with E-state index in [2.05, 4.69) is 38.5 Å². The Hall–Kier alpha value is -1.62. The van der Waals surface area contributed by atoms with Crippen molar-refractivity contribution in [2.75, 3.05) is 6.54 Å². The van der Waals surface area contributed by atoms with Gasteiger partial charge in [-0.3, -0.25) is 9.48 Å². The molecule has 22 heavy (non-hydrogen) atoms. The molecule has 5 heteroatoms. The summed E-state index contributed by atoms with van der Waals surface area (Å²) < 4.78 is 2.94. The van der Waals surface area contributed by atoms with Gasteiger partial charge in [0.2, 0.25) is 5.91 Å². The van der Waals surface area contributed by atoms with Crippen molar-refractivity contribution < 1.29 is 4.79 Å². The second-order valence-corrected chi connectivity index (χ2v) is 6.68. The summed E-state index contributed by atoms with van der Waals surface area (Å²) in [5, 5.41) is 7.43. The van der Waals surface area contributed by atoms with Gasteiger partial charge in [0, 0.05) is 25.2 Å². The predicted molar refractivity (Wildman–Crippen MR) is 89.6 cm³/mol. The van der Waals surface area contributed by atoms with Gasteiger partial charge in [-0.05, 0) is 47.2 Å². The molecule has 1 fully saturated rings. The highest BCUT2D eigenvalue weighted by molar-refractivity contribution is 9.10. The van der Waals surface area contributed by atoms with Gasteiger partial charge in [0.25, 0.3) is 0 Å². The molecule has 3 rings (SSSR count). The largest absolute Gasteiger partial charge is 0.356 e. The summed E-state index contributed by atoms with van der Waals surface area (Å²) in [5.41, 5.74) is 2.27. The number of aryl methyl sites for hydroxylation is 2. The molecule has 2 atom stereocenters. The van der Waals surface area contributed by atoms with Gasteiger partial charge in [0.05, 0.1) is 10.2 Å². The number of nitrogens with zero attached hydrogens (tertiary/aromatic N) is 2. The number of hydrogen-bond acceptors (Lipinski definition) is 2. The van der Waals surface area contributed by atoms with Crippen LogP contribution in [-0.2, 0) is 11.3 Å². The zero-order valence-electron chi connectivity index (χ0n) is 12.6. The zero-order valence-corrected chi connectivity index (χ0v) is 14.2. The molecule has 2 aromatic rings. The normalized spacial score (nSPS) is 19.9. The van der Waals surface area contributed by atoms with Crippen LogP contribution in [0.25, 0.3) is 0 Å². The molecule has 1 N–H and O–H groups in total. The average Bonchev–Trinajstić information content (AvgIpc) is 3.26. The first-order chi connectivity index (χ1) is 10.6. The Balaban J connectivity index is 1.39. The average molecular weight is 362 g/mol.